The third kappa shape index (κ3) is 5.59. The maximum atomic E-state index is 12.6. The number of fused-ring (bicyclic) bond motifs is 1. The Morgan fingerprint density at radius 2 is 1.87 bits per heavy atom. The maximum Gasteiger partial charge on any atom is 0.324 e. The molecule has 3 aromatic rings. The lowest BCUT2D eigenvalue weighted by molar-refractivity contribution is -0.137. The van der Waals surface area contributed by atoms with Gasteiger partial charge < -0.3 is 25.6 Å². The van der Waals surface area contributed by atoms with Gasteiger partial charge in [0.2, 0.25) is 10.0 Å². The molecule has 1 aliphatic heterocycles. The number of anilines is 2. The van der Waals surface area contributed by atoms with E-state index in [0.717, 1.165) is 10.6 Å². The molecule has 0 saturated carbocycles. The van der Waals surface area contributed by atoms with Crippen molar-refractivity contribution >= 4 is 44.6 Å². The van der Waals surface area contributed by atoms with Gasteiger partial charge >= 0.3 is 6.03 Å². The molecule has 1 saturated heterocycles. The first-order valence-corrected chi connectivity index (χ1v) is 13.2. The molecule has 4 atom stereocenters. The molecule has 208 valence electrons. The van der Waals surface area contributed by atoms with Crippen LogP contribution in [0.5, 0.6) is 0 Å². The van der Waals surface area contributed by atoms with Gasteiger partial charge in [-0.1, -0.05) is 6.08 Å². The number of carbonyl (C=O) groups excluding carboxylic acids is 2. The molecule has 3 heterocycles. The second-order valence-corrected chi connectivity index (χ2v) is 10.6. The molecule has 39 heavy (non-hydrogen) atoms. The fourth-order valence-corrected chi connectivity index (χ4v) is 5.09. The number of aliphatic hydroxyl groups is 2. The van der Waals surface area contributed by atoms with Crippen molar-refractivity contribution in [2.75, 3.05) is 30.8 Å². The van der Waals surface area contributed by atoms with Crippen LogP contribution in [0, 0.1) is 0 Å². The first-order chi connectivity index (χ1) is 18.6. The number of likely N-dealkylation sites (N-methyl/N-ethyl adjacent to an activating group) is 2. The number of hydrogen-bond donors (Lipinski definition) is 5. The molecule has 0 radical (unpaired) electrons. The minimum Gasteiger partial charge on any atom is -0.387 e. The van der Waals surface area contributed by atoms with Crippen molar-refractivity contribution in [3.05, 3.63) is 49.6 Å². The minimum atomic E-state index is -3.70. The number of nitrogens with zero attached hydrogens (tertiary/aromatic N) is 5. The van der Waals surface area contributed by atoms with E-state index in [9.17, 15) is 28.2 Å². The number of aliphatic hydroxyl groups excluding tert-OH is 2. The van der Waals surface area contributed by atoms with Gasteiger partial charge in [-0.05, 0) is 31.2 Å². The van der Waals surface area contributed by atoms with E-state index in [1.165, 1.54) is 48.3 Å². The Bertz CT molecular complexity index is 1480. The highest BCUT2D eigenvalue weighted by Crippen LogP contribution is 2.32. The lowest BCUT2D eigenvalue weighted by atomic mass is 10.1. The molecule has 1 fully saturated rings. The highest BCUT2D eigenvalue weighted by Gasteiger charge is 2.47. The summed E-state index contributed by atoms with van der Waals surface area (Å²) in [6, 6.07) is 4.92. The molecule has 0 unspecified atom stereocenters. The molecule has 1 aliphatic rings. The Balaban J connectivity index is 1.48. The summed E-state index contributed by atoms with van der Waals surface area (Å²) in [6.45, 7) is 5.71. The van der Waals surface area contributed by atoms with Gasteiger partial charge in [-0.25, -0.2) is 28.2 Å². The predicted octanol–water partition coefficient (Wildman–Crippen LogP) is 0.0321. The highest BCUT2D eigenvalue weighted by molar-refractivity contribution is 7.89. The van der Waals surface area contributed by atoms with Crippen LogP contribution in [0.15, 0.2) is 54.5 Å². The number of aromatic nitrogens is 4. The highest BCUT2D eigenvalue weighted by atomic mass is 32.2. The van der Waals surface area contributed by atoms with Gasteiger partial charge in [-0.15, -0.1) is 6.58 Å². The summed E-state index contributed by atoms with van der Waals surface area (Å²) in [4.78, 5) is 37.3. The van der Waals surface area contributed by atoms with Crippen molar-refractivity contribution < 1.29 is 33.0 Å². The van der Waals surface area contributed by atoms with Gasteiger partial charge in [0.1, 0.15) is 18.5 Å². The van der Waals surface area contributed by atoms with E-state index in [1.807, 2.05) is 0 Å². The summed E-state index contributed by atoms with van der Waals surface area (Å²) in [5.41, 5.74) is 0.652. The Kier molecular flexibility index (Phi) is 8.22. The zero-order valence-corrected chi connectivity index (χ0v) is 21.9. The van der Waals surface area contributed by atoms with E-state index in [-0.39, 0.29) is 28.4 Å². The van der Waals surface area contributed by atoms with Crippen LogP contribution in [-0.2, 0) is 19.6 Å². The summed E-state index contributed by atoms with van der Waals surface area (Å²) < 4.78 is 33.2. The number of imidazole rings is 1. The van der Waals surface area contributed by atoms with Crippen molar-refractivity contribution in [3.63, 3.8) is 0 Å². The Hall–Kier alpha value is -3.96. The minimum absolute atomic E-state index is 0.0369. The van der Waals surface area contributed by atoms with E-state index in [0.29, 0.717) is 12.2 Å². The molecule has 0 spiro atoms. The Morgan fingerprint density at radius 3 is 2.54 bits per heavy atom. The Morgan fingerprint density at radius 1 is 1.15 bits per heavy atom. The topological polar surface area (TPSA) is 201 Å². The van der Waals surface area contributed by atoms with Crippen LogP contribution in [0.1, 0.15) is 13.2 Å². The van der Waals surface area contributed by atoms with E-state index >= 15 is 0 Å². The van der Waals surface area contributed by atoms with E-state index < -0.39 is 46.5 Å². The average Bonchev–Trinajstić information content (AvgIpc) is 3.46. The first-order valence-electron chi connectivity index (χ1n) is 11.8. The van der Waals surface area contributed by atoms with E-state index in [2.05, 4.69) is 37.5 Å². The number of amides is 3. The van der Waals surface area contributed by atoms with Crippen molar-refractivity contribution in [2.24, 2.45) is 0 Å². The fraction of sp³-hybridized carbons (Fsp3) is 0.348. The number of hydrogen-bond acceptors (Lipinski definition) is 10. The normalized spacial score (nSPS) is 21.2. The number of benzene rings is 1. The summed E-state index contributed by atoms with van der Waals surface area (Å²) in [6.07, 6.45) is -1.48. The lowest BCUT2D eigenvalue weighted by Crippen LogP contribution is -2.42. The molecular weight excluding hydrogens is 532 g/mol. The van der Waals surface area contributed by atoms with Crippen LogP contribution in [0.4, 0.5) is 16.3 Å². The molecule has 16 heteroatoms. The van der Waals surface area contributed by atoms with Gasteiger partial charge in [0.05, 0.1) is 11.2 Å². The third-order valence-corrected chi connectivity index (χ3v) is 7.76. The van der Waals surface area contributed by atoms with E-state index in [4.69, 9.17) is 4.74 Å². The van der Waals surface area contributed by atoms with Crippen LogP contribution >= 0.6 is 0 Å². The van der Waals surface area contributed by atoms with Gasteiger partial charge in [0, 0.05) is 25.8 Å². The molecule has 15 nitrogen and oxygen atoms in total. The Labute approximate surface area is 223 Å². The molecule has 0 bridgehead atoms. The number of nitrogens with one attached hydrogen (secondary N) is 3. The number of carbonyl (C=O) groups is 2. The maximum absolute atomic E-state index is 12.6. The second-order valence-electron chi connectivity index (χ2n) is 8.55. The summed E-state index contributed by atoms with van der Waals surface area (Å²) >= 11 is 0. The summed E-state index contributed by atoms with van der Waals surface area (Å²) in [7, 11) is -2.27. The smallest absolute Gasteiger partial charge is 0.324 e. The zero-order chi connectivity index (χ0) is 28.3. The fourth-order valence-electron chi connectivity index (χ4n) is 3.95. The lowest BCUT2D eigenvalue weighted by Gasteiger charge is -2.16. The van der Waals surface area contributed by atoms with Crippen molar-refractivity contribution in [2.45, 2.75) is 36.4 Å². The van der Waals surface area contributed by atoms with Crippen LogP contribution in [0.2, 0.25) is 0 Å². The molecule has 0 aliphatic carbocycles. The molecular formula is C23H28N8O7S. The van der Waals surface area contributed by atoms with Crippen LogP contribution in [-0.4, -0.2) is 92.8 Å². The quantitative estimate of drug-likeness (QED) is 0.222. The van der Waals surface area contributed by atoms with Crippen molar-refractivity contribution in [3.8, 4) is 0 Å². The van der Waals surface area contributed by atoms with Crippen LogP contribution < -0.4 is 16.0 Å². The SMILES string of the molecule is C=CCN(C)S(=O)(=O)c1ccc(NC(=O)Nc2ncnc3c2ncn3[C@@H]2O[C@H](C(=O)NCC)[C@@H](O)[C@H]2O)cc1. The predicted molar refractivity (Wildman–Crippen MR) is 139 cm³/mol. The van der Waals surface area contributed by atoms with Gasteiger partial charge in [0.15, 0.2) is 29.3 Å². The molecule has 5 N–H and O–H groups in total. The summed E-state index contributed by atoms with van der Waals surface area (Å²) in [5, 5.41) is 28.5. The van der Waals surface area contributed by atoms with Crippen molar-refractivity contribution in [1.29, 1.82) is 0 Å². The third-order valence-electron chi connectivity index (χ3n) is 5.92. The monoisotopic (exact) mass is 560 g/mol. The first kappa shape index (κ1) is 28.1. The largest absolute Gasteiger partial charge is 0.387 e. The standard InChI is InChI=1S/C23H28N8O7S/c1-4-10-30(3)39(36,37)14-8-6-13(7-9-14)28-23(35)29-19-15-20(26-11-25-19)31(12-27-15)22-17(33)16(32)18(38-22)21(34)24-5-2/h4,6-9,11-12,16-18,22,32-33H,1,5,10H2,2-3H3,(H,24,34)(H2,25,26,28,29,35)/t16-,17+,18-,22+/m0/s1. The number of rotatable bonds is 9. The van der Waals surface area contributed by atoms with E-state index in [1.54, 1.807) is 6.92 Å². The van der Waals surface area contributed by atoms with Crippen LogP contribution in [0.3, 0.4) is 0 Å². The molecule has 2 aromatic heterocycles. The molecule has 1 aromatic carbocycles. The van der Waals surface area contributed by atoms with Crippen LogP contribution in [0.25, 0.3) is 11.2 Å². The average molecular weight is 561 g/mol. The zero-order valence-electron chi connectivity index (χ0n) is 21.1. The van der Waals surface area contributed by atoms with Gasteiger partial charge in [-0.2, -0.15) is 4.31 Å². The molecule has 3 amide bonds. The molecule has 4 rings (SSSR count). The number of urea groups is 1. The van der Waals surface area contributed by atoms with Gasteiger partial charge in [0.25, 0.3) is 5.91 Å². The summed E-state index contributed by atoms with van der Waals surface area (Å²) in [5.74, 6) is -0.533. The van der Waals surface area contributed by atoms with Crippen molar-refractivity contribution in [1.82, 2.24) is 29.1 Å². The number of sulfonamides is 1. The number of ether oxygens (including phenoxy) is 1. The second kappa shape index (κ2) is 11.4. The van der Waals surface area contributed by atoms with Gasteiger partial charge in [-0.3, -0.25) is 14.7 Å².